The van der Waals surface area contributed by atoms with E-state index in [4.69, 9.17) is 0 Å². The monoisotopic (exact) mass is 275 g/mol. The van der Waals surface area contributed by atoms with Gasteiger partial charge in [-0.2, -0.15) is 0 Å². The number of nitrogens with zero attached hydrogens (tertiary/aromatic N) is 1. The van der Waals surface area contributed by atoms with Crippen LogP contribution in [0.3, 0.4) is 0 Å². The molecule has 1 heterocycles. The zero-order chi connectivity index (χ0) is 13.9. The molecule has 19 heavy (non-hydrogen) atoms. The van der Waals surface area contributed by atoms with E-state index >= 15 is 0 Å². The highest BCUT2D eigenvalue weighted by molar-refractivity contribution is 7.11. The predicted octanol–water partition coefficient (Wildman–Crippen LogP) is 3.72. The molecule has 0 saturated carbocycles. The molecule has 0 bridgehead atoms. The van der Waals surface area contributed by atoms with E-state index in [-0.39, 0.29) is 12.0 Å². The highest BCUT2D eigenvalue weighted by Crippen LogP contribution is 2.33. The molecule has 0 atom stereocenters. The molecule has 0 unspecified atom stereocenters. The fourth-order valence-corrected chi connectivity index (χ4v) is 3.36. The first kappa shape index (κ1) is 14.2. The number of hydrogen-bond acceptors (Lipinski definition) is 3. The Kier molecular flexibility index (Phi) is 4.38. The smallest absolute Gasteiger partial charge is 0.0991 e. The van der Waals surface area contributed by atoms with Gasteiger partial charge in [-0.25, -0.2) is 4.98 Å². The van der Waals surface area contributed by atoms with E-state index in [0.717, 1.165) is 23.5 Å². The Hall–Kier alpha value is -1.19. The second-order valence-corrected chi connectivity index (χ2v) is 6.53. The predicted molar refractivity (Wildman–Crippen MR) is 80.6 cm³/mol. The molecule has 2 aromatic rings. The Morgan fingerprint density at radius 2 is 1.89 bits per heavy atom. The lowest BCUT2D eigenvalue weighted by Crippen LogP contribution is -2.20. The van der Waals surface area contributed by atoms with E-state index in [1.54, 1.807) is 11.3 Å². The Morgan fingerprint density at radius 3 is 2.42 bits per heavy atom. The molecule has 0 aliphatic carbocycles. The molecule has 2 rings (SSSR count). The molecule has 0 saturated heterocycles. The van der Waals surface area contributed by atoms with Crippen molar-refractivity contribution < 1.29 is 5.11 Å². The number of aliphatic hydroxyl groups excluding tert-OH is 1. The minimum absolute atomic E-state index is 0.00333. The molecule has 0 amide bonds. The van der Waals surface area contributed by atoms with Crippen LogP contribution in [0.15, 0.2) is 30.3 Å². The summed E-state index contributed by atoms with van der Waals surface area (Å²) in [6.45, 7) is 6.60. The van der Waals surface area contributed by atoms with Gasteiger partial charge in [0.05, 0.1) is 17.3 Å². The van der Waals surface area contributed by atoms with Crippen molar-refractivity contribution in [3.63, 3.8) is 0 Å². The minimum Gasteiger partial charge on any atom is -0.390 e. The maximum absolute atomic E-state index is 9.36. The molecule has 0 aliphatic heterocycles. The molecule has 2 nitrogen and oxygen atoms in total. The first-order valence-corrected chi connectivity index (χ1v) is 7.52. The van der Waals surface area contributed by atoms with Crippen LogP contribution in [-0.4, -0.2) is 10.1 Å². The summed E-state index contributed by atoms with van der Waals surface area (Å²) >= 11 is 1.74. The number of aryl methyl sites for hydroxylation is 1. The average molecular weight is 275 g/mol. The van der Waals surface area contributed by atoms with Crippen LogP contribution in [0.5, 0.6) is 0 Å². The highest BCUT2D eigenvalue weighted by atomic mass is 32.1. The molecule has 0 aliphatic rings. The topological polar surface area (TPSA) is 33.1 Å². The number of thiazole rings is 1. The molecular formula is C16H21NOS. The average Bonchev–Trinajstić information content (AvgIpc) is 2.83. The van der Waals surface area contributed by atoms with Gasteiger partial charge in [-0.1, -0.05) is 51.1 Å². The summed E-state index contributed by atoms with van der Waals surface area (Å²) in [4.78, 5) is 5.84. The van der Waals surface area contributed by atoms with E-state index in [9.17, 15) is 5.11 Å². The van der Waals surface area contributed by atoms with Crippen molar-refractivity contribution in [2.75, 3.05) is 0 Å². The van der Waals surface area contributed by atoms with Crippen molar-refractivity contribution in [1.82, 2.24) is 4.98 Å². The van der Waals surface area contributed by atoms with Gasteiger partial charge in [0.2, 0.25) is 0 Å². The van der Waals surface area contributed by atoms with Crippen LogP contribution in [0.2, 0.25) is 0 Å². The van der Waals surface area contributed by atoms with Gasteiger partial charge in [0, 0.05) is 10.3 Å². The SMILES string of the molecule is CCc1sc(C(C)(C)Cc2ccccc2)nc1CO. The Bertz CT molecular complexity index is 509. The first-order valence-electron chi connectivity index (χ1n) is 6.70. The van der Waals surface area contributed by atoms with E-state index in [2.05, 4.69) is 50.0 Å². The van der Waals surface area contributed by atoms with Gasteiger partial charge in [0.25, 0.3) is 0 Å². The van der Waals surface area contributed by atoms with Gasteiger partial charge in [0.1, 0.15) is 0 Å². The fraction of sp³-hybridized carbons (Fsp3) is 0.438. The summed E-state index contributed by atoms with van der Waals surface area (Å²) in [5.74, 6) is 0. The summed E-state index contributed by atoms with van der Waals surface area (Å²) in [5.41, 5.74) is 2.18. The van der Waals surface area contributed by atoms with Crippen LogP contribution >= 0.6 is 11.3 Å². The largest absolute Gasteiger partial charge is 0.390 e. The summed E-state index contributed by atoms with van der Waals surface area (Å²) in [5, 5.41) is 10.5. The van der Waals surface area contributed by atoms with Gasteiger partial charge in [0.15, 0.2) is 0 Å². The molecule has 0 fully saturated rings. The molecular weight excluding hydrogens is 254 g/mol. The van der Waals surface area contributed by atoms with Gasteiger partial charge in [-0.05, 0) is 18.4 Å². The maximum Gasteiger partial charge on any atom is 0.0991 e. The lowest BCUT2D eigenvalue weighted by Gasteiger charge is -2.22. The molecule has 1 aromatic heterocycles. The maximum atomic E-state index is 9.36. The van der Waals surface area contributed by atoms with Gasteiger partial charge in [-0.15, -0.1) is 11.3 Å². The molecule has 1 N–H and O–H groups in total. The first-order chi connectivity index (χ1) is 9.06. The Labute approximate surface area is 119 Å². The third kappa shape index (κ3) is 3.23. The standard InChI is InChI=1S/C16H21NOS/c1-4-14-13(11-18)17-15(19-14)16(2,3)10-12-8-6-5-7-9-12/h5-9,18H,4,10-11H2,1-3H3. The summed E-state index contributed by atoms with van der Waals surface area (Å²) in [7, 11) is 0. The number of aliphatic hydroxyl groups is 1. The molecule has 1 aromatic carbocycles. The van der Waals surface area contributed by atoms with Crippen molar-refractivity contribution in [3.8, 4) is 0 Å². The zero-order valence-corrected chi connectivity index (χ0v) is 12.6. The number of aromatic nitrogens is 1. The lowest BCUT2D eigenvalue weighted by atomic mass is 9.86. The Morgan fingerprint density at radius 1 is 1.21 bits per heavy atom. The number of benzene rings is 1. The van der Waals surface area contributed by atoms with E-state index in [0.29, 0.717) is 0 Å². The molecule has 3 heteroatoms. The highest BCUT2D eigenvalue weighted by Gasteiger charge is 2.26. The number of hydrogen-bond donors (Lipinski definition) is 1. The van der Waals surface area contributed by atoms with Crippen molar-refractivity contribution in [2.24, 2.45) is 0 Å². The van der Waals surface area contributed by atoms with Crippen LogP contribution in [0.4, 0.5) is 0 Å². The second-order valence-electron chi connectivity index (χ2n) is 5.45. The van der Waals surface area contributed by atoms with Crippen molar-refractivity contribution in [3.05, 3.63) is 51.5 Å². The summed E-state index contributed by atoms with van der Waals surface area (Å²) in [6.07, 6.45) is 1.91. The van der Waals surface area contributed by atoms with Crippen LogP contribution in [0.1, 0.15) is 41.9 Å². The fourth-order valence-electron chi connectivity index (χ4n) is 2.25. The lowest BCUT2D eigenvalue weighted by molar-refractivity contribution is 0.276. The quantitative estimate of drug-likeness (QED) is 0.902. The van der Waals surface area contributed by atoms with Crippen LogP contribution < -0.4 is 0 Å². The van der Waals surface area contributed by atoms with Crippen molar-refractivity contribution in [2.45, 2.75) is 45.6 Å². The third-order valence-corrected chi connectivity index (χ3v) is 4.92. The summed E-state index contributed by atoms with van der Waals surface area (Å²) in [6, 6.07) is 10.5. The van der Waals surface area contributed by atoms with E-state index in [1.807, 2.05) is 6.07 Å². The van der Waals surface area contributed by atoms with Crippen molar-refractivity contribution >= 4 is 11.3 Å². The molecule has 0 radical (unpaired) electrons. The van der Waals surface area contributed by atoms with Gasteiger partial charge in [-0.3, -0.25) is 0 Å². The summed E-state index contributed by atoms with van der Waals surface area (Å²) < 4.78 is 0. The number of rotatable bonds is 5. The minimum atomic E-state index is 0.00333. The van der Waals surface area contributed by atoms with Gasteiger partial charge < -0.3 is 5.11 Å². The van der Waals surface area contributed by atoms with Crippen molar-refractivity contribution in [1.29, 1.82) is 0 Å². The van der Waals surface area contributed by atoms with Crippen LogP contribution in [-0.2, 0) is 24.9 Å². The Balaban J connectivity index is 2.26. The third-order valence-electron chi connectivity index (χ3n) is 3.32. The normalized spacial score (nSPS) is 11.8. The van der Waals surface area contributed by atoms with Gasteiger partial charge >= 0.3 is 0 Å². The van der Waals surface area contributed by atoms with Crippen LogP contribution in [0, 0.1) is 0 Å². The zero-order valence-electron chi connectivity index (χ0n) is 11.8. The second kappa shape index (κ2) is 5.85. The molecule has 0 spiro atoms. The van der Waals surface area contributed by atoms with Crippen LogP contribution in [0.25, 0.3) is 0 Å². The molecule has 102 valence electrons. The van der Waals surface area contributed by atoms with E-state index < -0.39 is 0 Å². The van der Waals surface area contributed by atoms with E-state index in [1.165, 1.54) is 10.4 Å².